The maximum atomic E-state index is 12.4. The summed E-state index contributed by atoms with van der Waals surface area (Å²) in [4.78, 5) is 25.8. The van der Waals surface area contributed by atoms with Gasteiger partial charge in [0, 0.05) is 43.2 Å². The van der Waals surface area contributed by atoms with Gasteiger partial charge in [-0.25, -0.2) is 4.79 Å². The van der Waals surface area contributed by atoms with Crippen molar-refractivity contribution in [1.82, 2.24) is 9.47 Å². The van der Waals surface area contributed by atoms with E-state index in [2.05, 4.69) is 0 Å². The minimum absolute atomic E-state index is 0.101. The number of carbonyl (C=O) groups excluding carboxylic acids is 1. The number of phenols is 1. The Bertz CT molecular complexity index is 880. The molecule has 0 spiro atoms. The highest BCUT2D eigenvalue weighted by molar-refractivity contribution is 5.87. The number of nitrogens with zero attached hydrogens (tertiary/aromatic N) is 2. The van der Waals surface area contributed by atoms with Gasteiger partial charge in [-0.05, 0) is 51.0 Å². The van der Waals surface area contributed by atoms with Crippen molar-refractivity contribution in [2.75, 3.05) is 13.1 Å². The fourth-order valence-electron chi connectivity index (χ4n) is 3.77. The molecule has 1 saturated heterocycles. The number of hydrogen-bond acceptors (Lipinski definition) is 4. The Morgan fingerprint density at radius 2 is 1.96 bits per heavy atom. The number of hydrogen-bond donors (Lipinski definition) is 2. The molecule has 0 saturated carbocycles. The largest absolute Gasteiger partial charge is 0.508 e. The Hall–Kier alpha value is -2.70. The van der Waals surface area contributed by atoms with E-state index < -0.39 is 23.6 Å². The highest BCUT2D eigenvalue weighted by atomic mass is 16.6. The molecule has 0 aliphatic carbocycles. The van der Waals surface area contributed by atoms with E-state index in [1.165, 1.54) is 4.90 Å². The second-order valence-electron chi connectivity index (χ2n) is 8.16. The first kappa shape index (κ1) is 19.1. The van der Waals surface area contributed by atoms with Crippen molar-refractivity contribution < 1.29 is 24.5 Å². The van der Waals surface area contributed by atoms with Crippen LogP contribution in [0.5, 0.6) is 5.75 Å². The molecule has 2 atom stereocenters. The quantitative estimate of drug-likeness (QED) is 0.841. The molecule has 1 aromatic heterocycles. The van der Waals surface area contributed by atoms with Crippen LogP contribution in [0.25, 0.3) is 10.9 Å². The molecule has 2 aromatic rings. The van der Waals surface area contributed by atoms with Crippen LogP contribution in [0.3, 0.4) is 0 Å². The maximum Gasteiger partial charge on any atom is 0.410 e. The topological polar surface area (TPSA) is 92.0 Å². The number of aromatic nitrogens is 1. The summed E-state index contributed by atoms with van der Waals surface area (Å²) < 4.78 is 7.33. The number of amides is 1. The molecule has 7 heteroatoms. The van der Waals surface area contributed by atoms with Crippen LogP contribution in [0.1, 0.15) is 38.7 Å². The SMILES string of the molecule is Cn1cc([C@H]2CCN(C(=O)OC(C)(C)C)C[C@@H]2C(=O)O)c2cc(O)ccc21. The normalized spacial score (nSPS) is 20.7. The highest BCUT2D eigenvalue weighted by Gasteiger charge is 2.39. The Labute approximate surface area is 158 Å². The van der Waals surface area contributed by atoms with Crippen molar-refractivity contribution in [2.45, 2.75) is 38.7 Å². The van der Waals surface area contributed by atoms with Crippen LogP contribution >= 0.6 is 0 Å². The molecule has 1 aromatic carbocycles. The third-order valence-electron chi connectivity index (χ3n) is 4.99. The number of piperidine rings is 1. The number of aryl methyl sites for hydroxylation is 1. The monoisotopic (exact) mass is 374 g/mol. The molecular formula is C20H26N2O5. The van der Waals surface area contributed by atoms with Gasteiger partial charge < -0.3 is 24.4 Å². The number of carboxylic acids is 1. The van der Waals surface area contributed by atoms with E-state index in [1.54, 1.807) is 32.9 Å². The van der Waals surface area contributed by atoms with Crippen LogP contribution in [-0.2, 0) is 16.6 Å². The summed E-state index contributed by atoms with van der Waals surface area (Å²) in [6.45, 7) is 5.89. The summed E-state index contributed by atoms with van der Waals surface area (Å²) in [6.07, 6.45) is 1.96. The molecule has 1 aliphatic rings. The van der Waals surface area contributed by atoms with E-state index in [1.807, 2.05) is 23.9 Å². The fraction of sp³-hybridized carbons (Fsp3) is 0.500. The molecule has 0 unspecified atom stereocenters. The maximum absolute atomic E-state index is 12.4. The molecule has 146 valence electrons. The standard InChI is InChI=1S/C20H26N2O5/c1-20(2,3)27-19(26)22-8-7-13(16(11-22)18(24)25)15-10-21(4)17-6-5-12(23)9-14(15)17/h5-6,9-10,13,16,23H,7-8,11H2,1-4H3,(H,24,25)/t13-,16+/m1/s1. The molecule has 1 fully saturated rings. The Balaban J connectivity index is 1.91. The number of carboxylic acid groups (broad SMARTS) is 1. The van der Waals surface area contributed by atoms with E-state index >= 15 is 0 Å². The molecule has 2 heterocycles. The number of benzene rings is 1. The molecule has 7 nitrogen and oxygen atoms in total. The van der Waals surface area contributed by atoms with Crippen LogP contribution in [0, 0.1) is 5.92 Å². The number of aromatic hydroxyl groups is 1. The lowest BCUT2D eigenvalue weighted by molar-refractivity contribution is -0.144. The number of rotatable bonds is 2. The van der Waals surface area contributed by atoms with Gasteiger partial charge in [0.1, 0.15) is 11.4 Å². The number of carbonyl (C=O) groups is 2. The smallest absolute Gasteiger partial charge is 0.410 e. The van der Waals surface area contributed by atoms with Gasteiger partial charge in [0.25, 0.3) is 0 Å². The average molecular weight is 374 g/mol. The zero-order valence-electron chi connectivity index (χ0n) is 16.1. The van der Waals surface area contributed by atoms with Crippen molar-refractivity contribution >= 4 is 23.0 Å². The zero-order chi connectivity index (χ0) is 19.9. The van der Waals surface area contributed by atoms with Gasteiger partial charge >= 0.3 is 12.1 Å². The van der Waals surface area contributed by atoms with Gasteiger partial charge in [-0.1, -0.05) is 0 Å². The van der Waals surface area contributed by atoms with Gasteiger partial charge in [0.05, 0.1) is 5.92 Å². The van der Waals surface area contributed by atoms with Gasteiger partial charge in [0.2, 0.25) is 0 Å². The average Bonchev–Trinajstić information content (AvgIpc) is 2.88. The van der Waals surface area contributed by atoms with Gasteiger partial charge in [-0.2, -0.15) is 0 Å². The van der Waals surface area contributed by atoms with Crippen LogP contribution < -0.4 is 0 Å². The van der Waals surface area contributed by atoms with Crippen molar-refractivity contribution in [1.29, 1.82) is 0 Å². The number of aliphatic carboxylic acids is 1. The van der Waals surface area contributed by atoms with Crippen LogP contribution in [-0.4, -0.2) is 50.4 Å². The summed E-state index contributed by atoms with van der Waals surface area (Å²) in [6, 6.07) is 5.11. The van der Waals surface area contributed by atoms with Crippen LogP contribution in [0.2, 0.25) is 0 Å². The van der Waals surface area contributed by atoms with Crippen molar-refractivity contribution in [3.8, 4) is 5.75 Å². The van der Waals surface area contributed by atoms with Crippen molar-refractivity contribution in [3.63, 3.8) is 0 Å². The Morgan fingerprint density at radius 1 is 1.26 bits per heavy atom. The molecule has 3 rings (SSSR count). The molecule has 1 aliphatic heterocycles. The molecular weight excluding hydrogens is 348 g/mol. The first-order chi connectivity index (χ1) is 12.6. The summed E-state index contributed by atoms with van der Waals surface area (Å²) in [5.41, 5.74) is 1.20. The number of ether oxygens (including phenoxy) is 1. The van der Waals surface area contributed by atoms with E-state index in [0.29, 0.717) is 13.0 Å². The lowest BCUT2D eigenvalue weighted by Crippen LogP contribution is -2.47. The predicted molar refractivity (Wildman–Crippen MR) is 101 cm³/mol. The lowest BCUT2D eigenvalue weighted by atomic mass is 9.80. The molecule has 0 radical (unpaired) electrons. The summed E-state index contributed by atoms with van der Waals surface area (Å²) in [5, 5.41) is 20.5. The second kappa shape index (κ2) is 6.79. The number of likely N-dealkylation sites (tertiary alicyclic amines) is 1. The third kappa shape index (κ3) is 3.86. The summed E-state index contributed by atoms with van der Waals surface area (Å²) >= 11 is 0. The molecule has 2 N–H and O–H groups in total. The van der Waals surface area contributed by atoms with Crippen molar-refractivity contribution in [3.05, 3.63) is 30.0 Å². The highest BCUT2D eigenvalue weighted by Crippen LogP contribution is 2.39. The van der Waals surface area contributed by atoms with Crippen LogP contribution in [0.15, 0.2) is 24.4 Å². The van der Waals surface area contributed by atoms with Gasteiger partial charge in [0.15, 0.2) is 0 Å². The number of phenolic OH excluding ortho intramolecular Hbond substituents is 1. The number of fused-ring (bicyclic) bond motifs is 1. The summed E-state index contributed by atoms with van der Waals surface area (Å²) in [7, 11) is 1.90. The Morgan fingerprint density at radius 3 is 2.59 bits per heavy atom. The van der Waals surface area contributed by atoms with E-state index in [9.17, 15) is 19.8 Å². The van der Waals surface area contributed by atoms with Crippen molar-refractivity contribution in [2.24, 2.45) is 13.0 Å². The third-order valence-corrected chi connectivity index (χ3v) is 4.99. The first-order valence-electron chi connectivity index (χ1n) is 9.05. The van der Waals surface area contributed by atoms with E-state index in [0.717, 1.165) is 16.5 Å². The predicted octanol–water partition coefficient (Wildman–Crippen LogP) is 3.31. The minimum atomic E-state index is -0.939. The summed E-state index contributed by atoms with van der Waals surface area (Å²) in [5.74, 6) is -1.77. The van der Waals surface area contributed by atoms with E-state index in [-0.39, 0.29) is 18.2 Å². The second-order valence-corrected chi connectivity index (χ2v) is 8.16. The molecule has 27 heavy (non-hydrogen) atoms. The Kier molecular flexibility index (Phi) is 4.80. The first-order valence-corrected chi connectivity index (χ1v) is 9.05. The van der Waals surface area contributed by atoms with E-state index in [4.69, 9.17) is 4.74 Å². The van der Waals surface area contributed by atoms with Gasteiger partial charge in [-0.15, -0.1) is 0 Å². The van der Waals surface area contributed by atoms with Gasteiger partial charge in [-0.3, -0.25) is 4.79 Å². The lowest BCUT2D eigenvalue weighted by Gasteiger charge is -2.37. The fourth-order valence-corrected chi connectivity index (χ4v) is 3.77. The molecule has 1 amide bonds. The minimum Gasteiger partial charge on any atom is -0.508 e. The van der Waals surface area contributed by atoms with Crippen LogP contribution in [0.4, 0.5) is 4.79 Å². The molecule has 0 bridgehead atoms. The zero-order valence-corrected chi connectivity index (χ0v) is 16.1.